The van der Waals surface area contributed by atoms with E-state index in [1.54, 1.807) is 36.4 Å². The average molecular weight is 674 g/mol. The van der Waals surface area contributed by atoms with E-state index < -0.39 is 184 Å². The lowest BCUT2D eigenvalue weighted by molar-refractivity contribution is 1.16. The summed E-state index contributed by atoms with van der Waals surface area (Å²) in [5.74, 6) is 0. The fraction of sp³-hybridized carbons (Fsp3) is 0. The van der Waals surface area contributed by atoms with Crippen molar-refractivity contribution < 1.29 is 32.9 Å². The van der Waals surface area contributed by atoms with E-state index >= 15 is 0 Å². The fourth-order valence-electron chi connectivity index (χ4n) is 6.81. The molecule has 3 heterocycles. The van der Waals surface area contributed by atoms with Crippen LogP contribution in [0.1, 0.15) is 32.9 Å². The van der Waals surface area contributed by atoms with E-state index in [1.807, 2.05) is 0 Å². The first-order valence-electron chi connectivity index (χ1n) is 27.6. The molecule has 0 spiro atoms. The Labute approximate surface area is 328 Å². The minimum Gasteiger partial charge on any atom is -0.309 e. The van der Waals surface area contributed by atoms with Crippen molar-refractivity contribution >= 4 is 65.4 Å². The molecule has 238 valence electrons. The van der Waals surface area contributed by atoms with Crippen LogP contribution in [-0.2, 0) is 0 Å². The van der Waals surface area contributed by atoms with Crippen molar-refractivity contribution in [1.29, 1.82) is 0 Å². The van der Waals surface area contributed by atoms with Gasteiger partial charge in [-0.25, -0.2) is 0 Å². The zero-order valence-corrected chi connectivity index (χ0v) is 25.9. The zero-order chi connectivity index (χ0) is 54.4. The van der Waals surface area contributed by atoms with Crippen LogP contribution in [0.3, 0.4) is 0 Å². The predicted octanol–water partition coefficient (Wildman–Crippen LogP) is 12.6. The van der Waals surface area contributed by atoms with E-state index in [4.69, 9.17) is 21.9 Å². The molecule has 0 aliphatic heterocycles. The Morgan fingerprint density at radius 2 is 0.922 bits per heavy atom. The molecule has 51 heavy (non-hydrogen) atoms. The van der Waals surface area contributed by atoms with Crippen LogP contribution in [0.5, 0.6) is 0 Å². The van der Waals surface area contributed by atoms with Crippen LogP contribution in [0.2, 0.25) is 0 Å². The van der Waals surface area contributed by atoms with Crippen molar-refractivity contribution in [2.75, 3.05) is 0 Å². The van der Waals surface area contributed by atoms with Gasteiger partial charge >= 0.3 is 0 Å². The Hall–Kier alpha value is -6.84. The lowest BCUT2D eigenvalue weighted by Gasteiger charge is -2.12. The number of rotatable bonds is 4. The van der Waals surface area contributed by atoms with E-state index in [1.165, 1.54) is 15.2 Å². The van der Waals surface area contributed by atoms with Gasteiger partial charge < -0.3 is 13.7 Å². The molecule has 0 aliphatic rings. The Bertz CT molecular complexity index is 4470. The number of nitrogens with zero attached hydrogens (tertiary/aromatic N) is 3. The van der Waals surface area contributed by atoms with Crippen molar-refractivity contribution in [3.05, 3.63) is 187 Å². The maximum absolute atomic E-state index is 10.1. The predicted molar refractivity (Wildman–Crippen MR) is 215 cm³/mol. The third kappa shape index (κ3) is 4.12. The van der Waals surface area contributed by atoms with Gasteiger partial charge in [0.2, 0.25) is 0 Å². The van der Waals surface area contributed by atoms with Gasteiger partial charge in [-0.05, 0) is 83.7 Å². The summed E-state index contributed by atoms with van der Waals surface area (Å²) in [7, 11) is 0. The molecule has 3 nitrogen and oxygen atoms in total. The molecule has 0 saturated carbocycles. The second-order valence-electron chi connectivity index (χ2n) is 11.6. The first kappa shape index (κ1) is 13.5. The highest BCUT2D eigenvalue weighted by molar-refractivity contribution is 6.14. The summed E-state index contributed by atoms with van der Waals surface area (Å²) in [4.78, 5) is 0. The average Bonchev–Trinajstić information content (AvgIpc) is 4.12. The van der Waals surface area contributed by atoms with E-state index in [0.29, 0.717) is 21.8 Å². The van der Waals surface area contributed by atoms with Crippen LogP contribution < -0.4 is 0 Å². The Kier molecular flexibility index (Phi) is 2.86. The molecule has 0 N–H and O–H groups in total. The molecule has 11 aromatic rings. The zero-order valence-electron chi connectivity index (χ0n) is 49.9. The van der Waals surface area contributed by atoms with Gasteiger partial charge in [-0.2, -0.15) is 0 Å². The van der Waals surface area contributed by atoms with Crippen LogP contribution in [0.4, 0.5) is 0 Å². The highest BCUT2D eigenvalue weighted by Gasteiger charge is 2.19. The summed E-state index contributed by atoms with van der Waals surface area (Å²) in [6, 6.07) is -6.51. The van der Waals surface area contributed by atoms with Crippen molar-refractivity contribution in [3.8, 4) is 28.2 Å². The molecule has 8 aromatic carbocycles. The summed E-state index contributed by atoms with van der Waals surface area (Å²) in [5, 5.41) is -0.722. The Balaban J connectivity index is 1.32. The van der Waals surface area contributed by atoms with Gasteiger partial charge in [-0.15, -0.1) is 0 Å². The second kappa shape index (κ2) is 10.8. The molecule has 0 amide bonds. The first-order valence-corrected chi connectivity index (χ1v) is 15.6. The van der Waals surface area contributed by atoms with Gasteiger partial charge in [0.05, 0.1) is 66.0 Å². The molecule has 0 bridgehead atoms. The second-order valence-corrected chi connectivity index (χ2v) is 11.6. The Morgan fingerprint density at radius 1 is 0.314 bits per heavy atom. The summed E-state index contributed by atoms with van der Waals surface area (Å²) < 4.78 is 219. The molecule has 0 radical (unpaired) electrons. The number of para-hydroxylation sites is 4. The van der Waals surface area contributed by atoms with Gasteiger partial charge in [0.1, 0.15) is 0 Å². The molecule has 0 unspecified atom stereocenters. The minimum atomic E-state index is -0.862. The Morgan fingerprint density at radius 3 is 1.73 bits per heavy atom. The summed E-state index contributed by atoms with van der Waals surface area (Å²) in [6.07, 6.45) is 0. The minimum absolute atomic E-state index is 0.112. The summed E-state index contributed by atoms with van der Waals surface area (Å²) in [5.41, 5.74) is -3.04. The van der Waals surface area contributed by atoms with E-state index in [-0.39, 0.29) is 33.2 Å². The summed E-state index contributed by atoms with van der Waals surface area (Å²) >= 11 is 0. The van der Waals surface area contributed by atoms with Gasteiger partial charge in [0.15, 0.2) is 0 Å². The number of aromatic nitrogens is 3. The van der Waals surface area contributed by atoms with E-state index in [9.17, 15) is 11.0 Å². The van der Waals surface area contributed by atoms with Crippen molar-refractivity contribution in [3.63, 3.8) is 0 Å². The highest BCUT2D eigenvalue weighted by Crippen LogP contribution is 2.40. The molecule has 11 rings (SSSR count). The third-order valence-electron chi connectivity index (χ3n) is 8.90. The molecular weight excluding hydrogens is 619 g/mol. The van der Waals surface area contributed by atoms with Gasteiger partial charge in [-0.3, -0.25) is 0 Å². The maximum Gasteiger partial charge on any atom is 0.0652 e. The fourth-order valence-corrected chi connectivity index (χ4v) is 6.81. The lowest BCUT2D eigenvalue weighted by atomic mass is 10.0. The maximum atomic E-state index is 10.1. The molecule has 0 saturated heterocycles. The third-order valence-corrected chi connectivity index (χ3v) is 8.90. The van der Waals surface area contributed by atoms with Crippen LogP contribution in [0.15, 0.2) is 187 Å². The normalized spacial score (nSPS) is 18.5. The largest absolute Gasteiger partial charge is 0.309 e. The van der Waals surface area contributed by atoms with Gasteiger partial charge in [-0.1, -0.05) is 115 Å². The number of benzene rings is 8. The van der Waals surface area contributed by atoms with Crippen LogP contribution in [0.25, 0.3) is 93.6 Å². The molecule has 0 aliphatic carbocycles. The van der Waals surface area contributed by atoms with Crippen molar-refractivity contribution in [2.45, 2.75) is 0 Å². The highest BCUT2D eigenvalue weighted by atomic mass is 15.0. The molecule has 3 aromatic heterocycles. The number of fused-ring (bicyclic) bond motifs is 9. The summed E-state index contributed by atoms with van der Waals surface area (Å²) in [6.45, 7) is 0. The number of hydrogen-bond donors (Lipinski definition) is 0. The number of hydrogen-bond acceptors (Lipinski definition) is 0. The van der Waals surface area contributed by atoms with Crippen LogP contribution in [0, 0.1) is 0 Å². The first-order chi connectivity index (χ1) is 35.3. The lowest BCUT2D eigenvalue weighted by Crippen LogP contribution is -1.96. The molecule has 3 heteroatoms. The quantitative estimate of drug-likeness (QED) is 0.177. The van der Waals surface area contributed by atoms with Crippen LogP contribution >= 0.6 is 0 Å². The topological polar surface area (TPSA) is 14.8 Å². The van der Waals surface area contributed by atoms with Gasteiger partial charge in [0.25, 0.3) is 0 Å². The van der Waals surface area contributed by atoms with Crippen molar-refractivity contribution in [2.24, 2.45) is 0 Å². The van der Waals surface area contributed by atoms with E-state index in [2.05, 4.69) is 0 Å². The molecular formula is C48H31N3. The smallest absolute Gasteiger partial charge is 0.0652 e. The molecule has 0 fully saturated rings. The van der Waals surface area contributed by atoms with E-state index in [0.717, 1.165) is 4.57 Å². The molecule has 0 atom stereocenters. The van der Waals surface area contributed by atoms with Crippen LogP contribution in [-0.4, -0.2) is 13.7 Å². The standard InChI is InChI=1S/C48H31N3/c1-3-13-32(14-4-1)33-23-26-40-37-17-7-10-20-43(37)51(48(40)29-33)36-25-28-47-42(31-36)39-19-9-12-22-45(39)50(47)35-24-27-46-41(30-35)38-18-8-11-21-44(38)49(46)34-15-5-2-6-16-34/h1-31H/i1D,2D,3D,4D,5D,6D,7D,9D,10D,12D,13D,14D,15D,16D,17D,19D,20D,22D,23D,25D,26D,28D,29D,31D. The monoisotopic (exact) mass is 673 g/mol. The van der Waals surface area contributed by atoms with Crippen molar-refractivity contribution in [1.82, 2.24) is 13.7 Å². The SMILES string of the molecule is [2H]c1c([2H])c([2H])c(-c2c([2H])c([2H])c3c4c([2H])c([2H])c([2H])c([2H])c4n(-c4c([2H])c([2H])c5c(c4[2H])c4c([2H])c([2H])c([2H])c([2H])c4n5-c4ccc5c(c4)c4ccccc4n5-c4c([2H])c([2H])c([2H])c([2H])c4[2H])c3c2[2H])c([2H])c1[2H]. The van der Waals surface area contributed by atoms with Gasteiger partial charge in [0, 0.05) is 49.4 Å².